The minimum Gasteiger partial charge on any atom is -0.326 e. The number of hydrogen-bond donors (Lipinski definition) is 0. The van der Waals surface area contributed by atoms with Crippen molar-refractivity contribution in [3.8, 4) is 0 Å². The molecule has 0 bridgehead atoms. The van der Waals surface area contributed by atoms with E-state index >= 15 is 0 Å². The molecule has 8 heteroatoms. The van der Waals surface area contributed by atoms with Crippen LogP contribution in [-0.2, 0) is 0 Å². The second-order valence-electron chi connectivity index (χ2n) is 9.05. The Balaban J connectivity index is 1.91. The SMILES string of the molecule is C[Si](C)(C)N1N=C2C=CC=CN2C/C1=C1\N2C=CC=CC2=NN1[Si](C)(C)C. The van der Waals surface area contributed by atoms with Crippen LogP contribution in [0, 0.1) is 0 Å². The first-order chi connectivity index (χ1) is 12.7. The van der Waals surface area contributed by atoms with E-state index in [9.17, 15) is 0 Å². The molecular formula is C19H28N6Si2. The normalized spacial score (nSPS) is 24.4. The van der Waals surface area contributed by atoms with Crippen LogP contribution in [0.1, 0.15) is 0 Å². The van der Waals surface area contributed by atoms with Crippen LogP contribution in [0.5, 0.6) is 0 Å². The Labute approximate surface area is 164 Å². The van der Waals surface area contributed by atoms with E-state index in [1.807, 2.05) is 0 Å². The first kappa shape index (κ1) is 18.1. The van der Waals surface area contributed by atoms with Gasteiger partial charge in [0.1, 0.15) is 5.82 Å². The summed E-state index contributed by atoms with van der Waals surface area (Å²) < 4.78 is 4.60. The zero-order valence-electron chi connectivity index (χ0n) is 17.0. The number of allylic oxidation sites excluding steroid dienone is 4. The molecule has 4 aliphatic rings. The minimum absolute atomic E-state index is 0.803. The third kappa shape index (κ3) is 3.12. The fraction of sp³-hybridized carbons (Fsp3) is 0.368. The van der Waals surface area contributed by atoms with Gasteiger partial charge in [-0.1, -0.05) is 12.2 Å². The van der Waals surface area contributed by atoms with Crippen LogP contribution in [0.2, 0.25) is 39.3 Å². The van der Waals surface area contributed by atoms with Crippen LogP contribution in [-0.4, -0.2) is 53.8 Å². The molecule has 142 valence electrons. The van der Waals surface area contributed by atoms with E-state index in [4.69, 9.17) is 10.2 Å². The Morgan fingerprint density at radius 1 is 0.741 bits per heavy atom. The number of amidine groups is 2. The highest BCUT2D eigenvalue weighted by atomic mass is 28.3. The Kier molecular flexibility index (Phi) is 4.08. The fourth-order valence-corrected chi connectivity index (χ4v) is 6.14. The average molecular weight is 397 g/mol. The number of fused-ring (bicyclic) bond motifs is 2. The number of hydrogen-bond acceptors (Lipinski definition) is 6. The largest absolute Gasteiger partial charge is 0.326 e. The second kappa shape index (κ2) is 6.10. The van der Waals surface area contributed by atoms with Gasteiger partial charge >= 0.3 is 0 Å². The maximum atomic E-state index is 5.07. The van der Waals surface area contributed by atoms with Crippen molar-refractivity contribution in [3.63, 3.8) is 0 Å². The van der Waals surface area contributed by atoms with Gasteiger partial charge in [0, 0.05) is 12.4 Å². The van der Waals surface area contributed by atoms with Gasteiger partial charge in [0.15, 0.2) is 28.1 Å². The molecule has 0 spiro atoms. The van der Waals surface area contributed by atoms with E-state index in [1.54, 1.807) is 0 Å². The second-order valence-corrected chi connectivity index (χ2v) is 18.6. The summed E-state index contributed by atoms with van der Waals surface area (Å²) in [7, 11) is -3.46. The minimum atomic E-state index is -1.74. The molecule has 0 atom stereocenters. The molecule has 0 aromatic rings. The summed E-state index contributed by atoms with van der Waals surface area (Å²) in [5, 5.41) is 10.1. The standard InChI is InChI=1S/C19H28N6Si2/c1-26(2,3)24-16(15-22-13-9-7-11-17(22)20-24)19-23-14-10-8-12-18(23)21-25(19)27(4,5)6/h7-14H,15H2,1-6H3/b19-16-. The monoisotopic (exact) mass is 396 g/mol. The molecule has 27 heavy (non-hydrogen) atoms. The van der Waals surface area contributed by atoms with Gasteiger partial charge in [-0.3, -0.25) is 14.2 Å². The van der Waals surface area contributed by atoms with Crippen molar-refractivity contribution in [3.05, 3.63) is 60.4 Å². The quantitative estimate of drug-likeness (QED) is 0.665. The lowest BCUT2D eigenvalue weighted by molar-refractivity contribution is 0.379. The molecule has 0 aromatic heterocycles. The van der Waals surface area contributed by atoms with Crippen LogP contribution >= 0.6 is 0 Å². The van der Waals surface area contributed by atoms with Gasteiger partial charge in [0.25, 0.3) is 0 Å². The van der Waals surface area contributed by atoms with Crippen molar-refractivity contribution in [2.75, 3.05) is 6.54 Å². The molecule has 0 saturated carbocycles. The summed E-state index contributed by atoms with van der Waals surface area (Å²) in [4.78, 5) is 4.45. The van der Waals surface area contributed by atoms with Crippen molar-refractivity contribution in [2.24, 2.45) is 10.2 Å². The van der Waals surface area contributed by atoms with E-state index in [-0.39, 0.29) is 0 Å². The van der Waals surface area contributed by atoms with Gasteiger partial charge in [0.05, 0.1) is 12.2 Å². The van der Waals surface area contributed by atoms with Crippen molar-refractivity contribution in [1.29, 1.82) is 0 Å². The summed E-state index contributed by atoms with van der Waals surface area (Å²) in [6.07, 6.45) is 16.7. The van der Waals surface area contributed by atoms with Crippen molar-refractivity contribution >= 4 is 28.1 Å². The molecule has 0 aromatic carbocycles. The van der Waals surface area contributed by atoms with Crippen LogP contribution < -0.4 is 0 Å². The van der Waals surface area contributed by atoms with E-state index in [1.165, 1.54) is 5.70 Å². The van der Waals surface area contributed by atoms with Crippen LogP contribution in [0.4, 0.5) is 0 Å². The van der Waals surface area contributed by atoms with E-state index in [2.05, 4.69) is 107 Å². The zero-order chi connectivity index (χ0) is 19.4. The predicted octanol–water partition coefficient (Wildman–Crippen LogP) is 3.85. The first-order valence-corrected chi connectivity index (χ1v) is 16.3. The Bertz CT molecular complexity index is 864. The topological polar surface area (TPSA) is 37.7 Å². The number of nitrogens with zero attached hydrogens (tertiary/aromatic N) is 6. The lowest BCUT2D eigenvalue weighted by Crippen LogP contribution is -2.52. The van der Waals surface area contributed by atoms with Gasteiger partial charge < -0.3 is 4.90 Å². The molecule has 4 heterocycles. The van der Waals surface area contributed by atoms with Crippen molar-refractivity contribution in [1.82, 2.24) is 19.1 Å². The van der Waals surface area contributed by atoms with Gasteiger partial charge in [-0.15, -0.1) is 0 Å². The smallest absolute Gasteiger partial charge is 0.178 e. The molecular weight excluding hydrogens is 368 g/mol. The molecule has 0 amide bonds. The zero-order valence-corrected chi connectivity index (χ0v) is 19.0. The highest BCUT2D eigenvalue weighted by Crippen LogP contribution is 2.36. The highest BCUT2D eigenvalue weighted by molar-refractivity contribution is 6.74. The fourth-order valence-electron chi connectivity index (χ4n) is 3.48. The molecule has 0 aliphatic carbocycles. The Hall–Kier alpha value is -2.33. The summed E-state index contributed by atoms with van der Waals surface area (Å²) in [6.45, 7) is 14.8. The lowest BCUT2D eigenvalue weighted by Gasteiger charge is -2.44. The first-order valence-electron chi connectivity index (χ1n) is 9.43. The third-order valence-electron chi connectivity index (χ3n) is 4.69. The number of rotatable bonds is 2. The summed E-state index contributed by atoms with van der Waals surface area (Å²) in [5.74, 6) is 3.16. The van der Waals surface area contributed by atoms with Crippen molar-refractivity contribution in [2.45, 2.75) is 39.3 Å². The van der Waals surface area contributed by atoms with Gasteiger partial charge in [-0.2, -0.15) is 10.2 Å². The summed E-state index contributed by atoms with van der Waals surface area (Å²) in [6, 6.07) is 0. The summed E-state index contributed by atoms with van der Waals surface area (Å²) in [5.41, 5.74) is 1.24. The third-order valence-corrected chi connectivity index (χ3v) is 7.92. The van der Waals surface area contributed by atoms with Crippen LogP contribution in [0.3, 0.4) is 0 Å². The predicted molar refractivity (Wildman–Crippen MR) is 117 cm³/mol. The maximum Gasteiger partial charge on any atom is 0.178 e. The maximum absolute atomic E-state index is 5.07. The highest BCUT2D eigenvalue weighted by Gasteiger charge is 2.42. The molecule has 0 radical (unpaired) electrons. The van der Waals surface area contributed by atoms with E-state index in [0.29, 0.717) is 0 Å². The van der Waals surface area contributed by atoms with Gasteiger partial charge in [-0.25, -0.2) is 0 Å². The average Bonchev–Trinajstić information content (AvgIpc) is 2.99. The van der Waals surface area contributed by atoms with E-state index in [0.717, 1.165) is 24.0 Å². The Morgan fingerprint density at radius 2 is 1.33 bits per heavy atom. The van der Waals surface area contributed by atoms with Crippen LogP contribution in [0.25, 0.3) is 0 Å². The number of hydrazone groups is 2. The van der Waals surface area contributed by atoms with Crippen molar-refractivity contribution < 1.29 is 0 Å². The van der Waals surface area contributed by atoms with Crippen LogP contribution in [0.15, 0.2) is 70.6 Å². The molecule has 4 aliphatic heterocycles. The molecule has 0 saturated heterocycles. The Morgan fingerprint density at radius 3 is 2.00 bits per heavy atom. The van der Waals surface area contributed by atoms with Gasteiger partial charge in [0.2, 0.25) is 0 Å². The van der Waals surface area contributed by atoms with Gasteiger partial charge in [-0.05, 0) is 63.6 Å². The lowest BCUT2D eigenvalue weighted by atomic mass is 10.2. The summed E-state index contributed by atoms with van der Waals surface area (Å²) >= 11 is 0. The molecule has 0 unspecified atom stereocenters. The molecule has 0 fully saturated rings. The molecule has 4 rings (SSSR count). The van der Waals surface area contributed by atoms with E-state index < -0.39 is 16.5 Å². The molecule has 6 nitrogen and oxygen atoms in total. The molecule has 0 N–H and O–H groups in total.